The third-order valence-corrected chi connectivity index (χ3v) is 6.53. The lowest BCUT2D eigenvalue weighted by atomic mass is 10.00. The third-order valence-electron chi connectivity index (χ3n) is 5.51. The summed E-state index contributed by atoms with van der Waals surface area (Å²) in [5, 5.41) is 6.17. The summed E-state index contributed by atoms with van der Waals surface area (Å²) in [6.45, 7) is 0.412. The molecule has 6 heteroatoms. The van der Waals surface area contributed by atoms with Crippen LogP contribution in [0.25, 0.3) is 6.08 Å². The lowest BCUT2D eigenvalue weighted by molar-refractivity contribution is -0.114. The molecule has 1 amide bonds. The standard InChI is InChI=1S/C29H20Br2N2O2/c30-23-13-11-20(12-14-23)19-35-27-16-15-24(31)17-22(27)18-26-28(21-7-3-1-4-8-21)32-33(29(26)34)25-9-5-2-6-10-25/h1-18H,19H2/b26-18-. The number of nitrogens with zero attached hydrogens (tertiary/aromatic N) is 2. The highest BCUT2D eigenvalue weighted by atomic mass is 79.9. The van der Waals surface area contributed by atoms with E-state index in [2.05, 4.69) is 31.9 Å². The van der Waals surface area contributed by atoms with Crippen molar-refractivity contribution >= 4 is 55.2 Å². The number of halogens is 2. The Kier molecular flexibility index (Phi) is 6.93. The monoisotopic (exact) mass is 586 g/mol. The van der Waals surface area contributed by atoms with Crippen molar-refractivity contribution in [2.45, 2.75) is 6.61 Å². The molecule has 0 bridgehead atoms. The number of carbonyl (C=O) groups is 1. The van der Waals surface area contributed by atoms with Crippen LogP contribution in [0, 0.1) is 0 Å². The zero-order valence-corrected chi connectivity index (χ0v) is 21.7. The first-order valence-corrected chi connectivity index (χ1v) is 12.6. The van der Waals surface area contributed by atoms with E-state index >= 15 is 0 Å². The molecule has 0 fully saturated rings. The molecule has 5 rings (SSSR count). The number of para-hydroxylation sites is 1. The molecule has 4 nitrogen and oxygen atoms in total. The van der Waals surface area contributed by atoms with Crippen molar-refractivity contribution in [1.82, 2.24) is 0 Å². The molecule has 1 heterocycles. The van der Waals surface area contributed by atoms with Gasteiger partial charge in [-0.3, -0.25) is 4.79 Å². The predicted molar refractivity (Wildman–Crippen MR) is 147 cm³/mol. The van der Waals surface area contributed by atoms with Crippen molar-refractivity contribution in [3.05, 3.63) is 134 Å². The number of rotatable bonds is 6. The molecule has 4 aromatic rings. The molecule has 1 aliphatic heterocycles. The fourth-order valence-electron chi connectivity index (χ4n) is 3.76. The van der Waals surface area contributed by atoms with Gasteiger partial charge in [0.15, 0.2) is 0 Å². The first-order valence-electron chi connectivity index (χ1n) is 11.0. The summed E-state index contributed by atoms with van der Waals surface area (Å²) >= 11 is 7.02. The molecule has 1 aliphatic rings. The molecule has 172 valence electrons. The van der Waals surface area contributed by atoms with Crippen LogP contribution in [0.5, 0.6) is 5.75 Å². The van der Waals surface area contributed by atoms with Gasteiger partial charge >= 0.3 is 0 Å². The van der Waals surface area contributed by atoms with E-state index < -0.39 is 0 Å². The average molecular weight is 588 g/mol. The fourth-order valence-corrected chi connectivity index (χ4v) is 4.40. The lowest BCUT2D eigenvalue weighted by Crippen LogP contribution is -2.21. The Bertz CT molecular complexity index is 1420. The van der Waals surface area contributed by atoms with Crippen LogP contribution in [-0.2, 0) is 11.4 Å². The summed E-state index contributed by atoms with van der Waals surface area (Å²) in [5.41, 5.74) is 4.56. The van der Waals surface area contributed by atoms with Crippen LogP contribution < -0.4 is 9.75 Å². The molecule has 0 radical (unpaired) electrons. The van der Waals surface area contributed by atoms with Crippen molar-refractivity contribution in [3.8, 4) is 5.75 Å². The molecule has 0 atom stereocenters. The summed E-state index contributed by atoms with van der Waals surface area (Å²) in [6, 6.07) is 33.0. The second-order valence-corrected chi connectivity index (χ2v) is 9.75. The van der Waals surface area contributed by atoms with Gasteiger partial charge in [0.2, 0.25) is 0 Å². The highest BCUT2D eigenvalue weighted by Gasteiger charge is 2.32. The Morgan fingerprint density at radius 2 is 1.46 bits per heavy atom. The number of carbonyl (C=O) groups excluding carboxylic acids is 1. The van der Waals surface area contributed by atoms with E-state index in [0.29, 0.717) is 23.6 Å². The van der Waals surface area contributed by atoms with Crippen LogP contribution in [0.1, 0.15) is 16.7 Å². The molecule has 0 saturated heterocycles. The van der Waals surface area contributed by atoms with E-state index in [-0.39, 0.29) is 5.91 Å². The number of hydrogen-bond acceptors (Lipinski definition) is 3. The van der Waals surface area contributed by atoms with Gasteiger partial charge in [-0.15, -0.1) is 0 Å². The fraction of sp³-hybridized carbons (Fsp3) is 0.0345. The maximum absolute atomic E-state index is 13.6. The van der Waals surface area contributed by atoms with Crippen LogP contribution in [0.4, 0.5) is 5.69 Å². The summed E-state index contributed by atoms with van der Waals surface area (Å²) in [5.74, 6) is 0.496. The molecule has 0 aromatic heterocycles. The maximum Gasteiger partial charge on any atom is 0.281 e. The predicted octanol–water partition coefficient (Wildman–Crippen LogP) is 7.63. The number of ether oxygens (including phenoxy) is 1. The summed E-state index contributed by atoms with van der Waals surface area (Å²) in [6.07, 6.45) is 1.86. The molecular formula is C29H20Br2N2O2. The van der Waals surface area contributed by atoms with Gasteiger partial charge in [-0.2, -0.15) is 10.1 Å². The number of anilines is 1. The van der Waals surface area contributed by atoms with Gasteiger partial charge < -0.3 is 4.74 Å². The van der Waals surface area contributed by atoms with Crippen LogP contribution in [0.2, 0.25) is 0 Å². The normalized spacial score (nSPS) is 14.3. The Morgan fingerprint density at radius 1 is 0.800 bits per heavy atom. The molecule has 0 spiro atoms. The van der Waals surface area contributed by atoms with E-state index in [1.807, 2.05) is 109 Å². The number of amides is 1. The Hall–Kier alpha value is -3.48. The van der Waals surface area contributed by atoms with Crippen molar-refractivity contribution in [2.75, 3.05) is 5.01 Å². The number of hydrogen-bond donors (Lipinski definition) is 0. The molecule has 35 heavy (non-hydrogen) atoms. The zero-order valence-electron chi connectivity index (χ0n) is 18.6. The minimum atomic E-state index is -0.186. The Labute approximate surface area is 220 Å². The van der Waals surface area contributed by atoms with Crippen LogP contribution in [0.15, 0.2) is 123 Å². The first kappa shape index (κ1) is 23.3. The topological polar surface area (TPSA) is 41.9 Å². The highest BCUT2D eigenvalue weighted by Crippen LogP contribution is 2.31. The lowest BCUT2D eigenvalue weighted by Gasteiger charge is -2.12. The van der Waals surface area contributed by atoms with Gasteiger partial charge in [0, 0.05) is 20.1 Å². The quantitative estimate of drug-likeness (QED) is 0.218. The van der Waals surface area contributed by atoms with E-state index in [1.165, 1.54) is 5.01 Å². The molecule has 0 aliphatic carbocycles. The van der Waals surface area contributed by atoms with Gasteiger partial charge in [-0.05, 0) is 54.1 Å². The van der Waals surface area contributed by atoms with Crippen LogP contribution >= 0.6 is 31.9 Å². The first-order chi connectivity index (χ1) is 17.1. The smallest absolute Gasteiger partial charge is 0.281 e. The molecule has 4 aromatic carbocycles. The molecular weight excluding hydrogens is 568 g/mol. The van der Waals surface area contributed by atoms with Crippen LogP contribution in [0.3, 0.4) is 0 Å². The zero-order chi connectivity index (χ0) is 24.2. The highest BCUT2D eigenvalue weighted by molar-refractivity contribution is 9.10. The van der Waals surface area contributed by atoms with Gasteiger partial charge in [0.1, 0.15) is 18.1 Å². The van der Waals surface area contributed by atoms with Gasteiger partial charge in [0.05, 0.1) is 11.3 Å². The van der Waals surface area contributed by atoms with E-state index in [4.69, 9.17) is 9.84 Å². The summed E-state index contributed by atoms with van der Waals surface area (Å²) < 4.78 is 8.08. The second-order valence-electron chi connectivity index (χ2n) is 7.92. The number of benzene rings is 4. The molecule has 0 N–H and O–H groups in total. The second kappa shape index (κ2) is 10.4. The Balaban J connectivity index is 1.54. The van der Waals surface area contributed by atoms with Gasteiger partial charge in [-0.25, -0.2) is 0 Å². The molecule has 0 unspecified atom stereocenters. The van der Waals surface area contributed by atoms with Crippen LogP contribution in [-0.4, -0.2) is 11.6 Å². The van der Waals surface area contributed by atoms with Gasteiger partial charge in [0.25, 0.3) is 5.91 Å². The van der Waals surface area contributed by atoms with E-state index in [0.717, 1.165) is 31.3 Å². The third kappa shape index (κ3) is 5.29. The SMILES string of the molecule is O=C1/C(=C\c2cc(Br)ccc2OCc2ccc(Br)cc2)C(c2ccccc2)=NN1c1ccccc1. The molecule has 0 saturated carbocycles. The van der Waals surface area contributed by atoms with Crippen molar-refractivity contribution < 1.29 is 9.53 Å². The Morgan fingerprint density at radius 3 is 2.17 bits per heavy atom. The summed E-state index contributed by atoms with van der Waals surface area (Å²) in [7, 11) is 0. The number of hydrazone groups is 1. The van der Waals surface area contributed by atoms with Crippen molar-refractivity contribution in [1.29, 1.82) is 0 Å². The summed E-state index contributed by atoms with van der Waals surface area (Å²) in [4.78, 5) is 13.6. The van der Waals surface area contributed by atoms with Crippen molar-refractivity contribution in [3.63, 3.8) is 0 Å². The van der Waals surface area contributed by atoms with Crippen molar-refractivity contribution in [2.24, 2.45) is 5.10 Å². The van der Waals surface area contributed by atoms with E-state index in [1.54, 1.807) is 0 Å². The average Bonchev–Trinajstić information content (AvgIpc) is 3.21. The van der Waals surface area contributed by atoms with E-state index in [9.17, 15) is 4.79 Å². The largest absolute Gasteiger partial charge is 0.488 e. The minimum absolute atomic E-state index is 0.186. The van der Waals surface area contributed by atoms with Gasteiger partial charge in [-0.1, -0.05) is 92.5 Å². The maximum atomic E-state index is 13.6. The minimum Gasteiger partial charge on any atom is -0.488 e.